The maximum Gasteiger partial charge on any atom is 0.343 e. The summed E-state index contributed by atoms with van der Waals surface area (Å²) in [6.07, 6.45) is 2.69. The summed E-state index contributed by atoms with van der Waals surface area (Å²) in [6, 6.07) is 15.7. The predicted octanol–water partition coefficient (Wildman–Crippen LogP) is 4.73. The molecule has 36 heavy (non-hydrogen) atoms. The van der Waals surface area contributed by atoms with Crippen molar-refractivity contribution in [2.75, 3.05) is 40.8 Å². The molecule has 0 fully saturated rings. The quantitative estimate of drug-likeness (QED) is 0.172. The van der Waals surface area contributed by atoms with Gasteiger partial charge >= 0.3 is 5.97 Å². The summed E-state index contributed by atoms with van der Waals surface area (Å²) in [7, 11) is 3.20. The number of methoxy groups -OCH3 is 2. The number of hydrogen-bond acceptors (Lipinski definition) is 8. The van der Waals surface area contributed by atoms with Gasteiger partial charge in [0.05, 0.1) is 25.9 Å². The number of hydrogen-bond donors (Lipinski definition) is 0. The van der Waals surface area contributed by atoms with Gasteiger partial charge in [0.1, 0.15) is 29.1 Å². The number of rotatable bonds is 13. The molecule has 0 bridgehead atoms. The van der Waals surface area contributed by atoms with Gasteiger partial charge in [0.2, 0.25) is 0 Å². The van der Waals surface area contributed by atoms with Crippen molar-refractivity contribution in [3.63, 3.8) is 0 Å². The first-order valence-electron chi connectivity index (χ1n) is 11.3. The van der Waals surface area contributed by atoms with Crippen molar-refractivity contribution < 1.29 is 33.2 Å². The number of benzene rings is 2. The normalized spacial score (nSPS) is 13.0. The van der Waals surface area contributed by atoms with Crippen molar-refractivity contribution >= 4 is 5.97 Å². The van der Waals surface area contributed by atoms with Crippen LogP contribution in [0.4, 0.5) is 0 Å². The third kappa shape index (κ3) is 7.47. The van der Waals surface area contributed by atoms with E-state index in [1.807, 2.05) is 18.2 Å². The van der Waals surface area contributed by atoms with E-state index in [1.54, 1.807) is 56.7 Å². The molecule has 0 unspecified atom stereocenters. The number of carbonyl (C=O) groups excluding carboxylic acids is 1. The molecule has 1 aliphatic rings. The van der Waals surface area contributed by atoms with E-state index in [9.17, 15) is 4.79 Å². The first-order chi connectivity index (χ1) is 17.5. The zero-order chi connectivity index (χ0) is 25.8. The molecule has 1 aliphatic carbocycles. The molecule has 0 aliphatic heterocycles. The molecule has 2 aromatic rings. The SMILES string of the molecule is C=C1CC(OC)=C(Cc2cc(OC(=O)c3ccccc3)ccc2OCC#N)C=C1OCOCCOC. The van der Waals surface area contributed by atoms with Crippen LogP contribution in [0.3, 0.4) is 0 Å². The molecule has 0 radical (unpaired) electrons. The molecule has 0 atom stereocenters. The van der Waals surface area contributed by atoms with E-state index in [0.29, 0.717) is 54.4 Å². The Morgan fingerprint density at radius 2 is 1.89 bits per heavy atom. The maximum absolute atomic E-state index is 12.5. The largest absolute Gasteiger partial charge is 0.500 e. The van der Waals surface area contributed by atoms with Crippen LogP contribution in [0.25, 0.3) is 0 Å². The maximum atomic E-state index is 12.5. The van der Waals surface area contributed by atoms with E-state index in [0.717, 1.165) is 16.9 Å². The molecule has 0 N–H and O–H groups in total. The lowest BCUT2D eigenvalue weighted by molar-refractivity contribution is -0.0379. The van der Waals surface area contributed by atoms with Crippen LogP contribution < -0.4 is 9.47 Å². The van der Waals surface area contributed by atoms with Gasteiger partial charge in [0, 0.05) is 25.5 Å². The van der Waals surface area contributed by atoms with Crippen molar-refractivity contribution in [2.24, 2.45) is 0 Å². The average molecular weight is 492 g/mol. The highest BCUT2D eigenvalue weighted by molar-refractivity contribution is 5.91. The van der Waals surface area contributed by atoms with Gasteiger partial charge in [-0.2, -0.15) is 5.26 Å². The molecule has 0 aromatic heterocycles. The highest BCUT2D eigenvalue weighted by Crippen LogP contribution is 2.34. The summed E-state index contributed by atoms with van der Waals surface area (Å²) in [6.45, 7) is 4.90. The zero-order valence-electron chi connectivity index (χ0n) is 20.5. The second kappa shape index (κ2) is 13.7. The first kappa shape index (κ1) is 26.5. The Morgan fingerprint density at radius 1 is 1.08 bits per heavy atom. The fraction of sp³-hybridized carbons (Fsp3) is 0.286. The molecule has 188 valence electrons. The summed E-state index contributed by atoms with van der Waals surface area (Å²) in [5, 5.41) is 8.99. The fourth-order valence-electron chi connectivity index (χ4n) is 3.49. The summed E-state index contributed by atoms with van der Waals surface area (Å²) in [5.74, 6) is 1.71. The van der Waals surface area contributed by atoms with Gasteiger partial charge in [0.25, 0.3) is 0 Å². The topological polar surface area (TPSA) is 96.2 Å². The third-order valence-electron chi connectivity index (χ3n) is 5.29. The summed E-state index contributed by atoms with van der Waals surface area (Å²) < 4.78 is 33.0. The average Bonchev–Trinajstić information content (AvgIpc) is 2.90. The summed E-state index contributed by atoms with van der Waals surface area (Å²) in [5.41, 5.74) is 2.76. The van der Waals surface area contributed by atoms with E-state index in [-0.39, 0.29) is 13.4 Å². The van der Waals surface area contributed by atoms with Crippen molar-refractivity contribution in [3.8, 4) is 17.6 Å². The molecule has 2 aromatic carbocycles. The van der Waals surface area contributed by atoms with Crippen molar-refractivity contribution in [1.82, 2.24) is 0 Å². The lowest BCUT2D eigenvalue weighted by atomic mass is 9.94. The van der Waals surface area contributed by atoms with Gasteiger partial charge in [-0.3, -0.25) is 0 Å². The van der Waals surface area contributed by atoms with Crippen LogP contribution in [0.1, 0.15) is 22.3 Å². The monoisotopic (exact) mass is 491 g/mol. The second-order valence-corrected chi connectivity index (χ2v) is 7.75. The Bertz CT molecular complexity index is 1160. The number of esters is 1. The molecule has 0 saturated heterocycles. The Morgan fingerprint density at radius 3 is 2.61 bits per heavy atom. The van der Waals surface area contributed by atoms with Crippen LogP contribution in [0.15, 0.2) is 83.9 Å². The molecule has 3 rings (SSSR count). The smallest absolute Gasteiger partial charge is 0.343 e. The Balaban J connectivity index is 1.83. The van der Waals surface area contributed by atoms with Crippen LogP contribution in [-0.4, -0.2) is 46.8 Å². The second-order valence-electron chi connectivity index (χ2n) is 7.75. The molecule has 8 heteroatoms. The van der Waals surface area contributed by atoms with Gasteiger partial charge in [-0.15, -0.1) is 0 Å². The van der Waals surface area contributed by atoms with Crippen LogP contribution in [-0.2, 0) is 25.4 Å². The van der Waals surface area contributed by atoms with Crippen LogP contribution in [0.5, 0.6) is 11.5 Å². The van der Waals surface area contributed by atoms with Crippen LogP contribution in [0.2, 0.25) is 0 Å². The van der Waals surface area contributed by atoms with Crippen LogP contribution >= 0.6 is 0 Å². The highest BCUT2D eigenvalue weighted by Gasteiger charge is 2.21. The number of nitriles is 1. The summed E-state index contributed by atoms with van der Waals surface area (Å²) >= 11 is 0. The standard InChI is InChI=1S/C28H29NO7/c1-20-15-27(32-3)23(18-26(20)35-19-33-14-13-31-2)16-22-17-24(9-10-25(22)34-12-11-29)36-28(30)21-7-5-4-6-8-21/h4-10,17-18H,1,12-16,19H2,2-3H3. The third-order valence-corrected chi connectivity index (χ3v) is 5.29. The van der Waals surface area contributed by atoms with Gasteiger partial charge < -0.3 is 28.4 Å². The van der Waals surface area contributed by atoms with E-state index < -0.39 is 5.97 Å². The van der Waals surface area contributed by atoms with Crippen molar-refractivity contribution in [3.05, 3.63) is 95.0 Å². The van der Waals surface area contributed by atoms with Gasteiger partial charge in [-0.25, -0.2) is 4.79 Å². The van der Waals surface area contributed by atoms with Crippen molar-refractivity contribution in [1.29, 1.82) is 5.26 Å². The first-order valence-corrected chi connectivity index (χ1v) is 11.3. The zero-order valence-corrected chi connectivity index (χ0v) is 20.5. The molecule has 0 heterocycles. The number of nitrogens with zero attached hydrogens (tertiary/aromatic N) is 1. The predicted molar refractivity (Wildman–Crippen MR) is 132 cm³/mol. The molecular formula is C28H29NO7. The minimum Gasteiger partial charge on any atom is -0.500 e. The van der Waals surface area contributed by atoms with Gasteiger partial charge in [-0.05, 0) is 47.6 Å². The van der Waals surface area contributed by atoms with E-state index >= 15 is 0 Å². The molecule has 0 spiro atoms. The van der Waals surface area contributed by atoms with E-state index in [4.69, 9.17) is 33.7 Å². The number of ether oxygens (including phenoxy) is 6. The minimum absolute atomic E-state index is 0.0608. The molecule has 0 saturated carbocycles. The lowest BCUT2D eigenvalue weighted by Gasteiger charge is -2.22. The Hall–Kier alpha value is -4.06. The molecular weight excluding hydrogens is 462 g/mol. The number of carbonyl (C=O) groups is 1. The van der Waals surface area contributed by atoms with E-state index in [2.05, 4.69) is 6.58 Å². The number of allylic oxidation sites excluding steroid dienone is 4. The Labute approximate surface area is 210 Å². The molecule has 8 nitrogen and oxygen atoms in total. The summed E-state index contributed by atoms with van der Waals surface area (Å²) in [4.78, 5) is 12.5. The Kier molecular flexibility index (Phi) is 10.1. The highest BCUT2D eigenvalue weighted by atomic mass is 16.7. The van der Waals surface area contributed by atoms with Gasteiger partial charge in [0.15, 0.2) is 13.4 Å². The van der Waals surface area contributed by atoms with E-state index in [1.165, 1.54) is 0 Å². The lowest BCUT2D eigenvalue weighted by Crippen LogP contribution is -2.12. The van der Waals surface area contributed by atoms with Gasteiger partial charge in [-0.1, -0.05) is 24.8 Å². The fourth-order valence-corrected chi connectivity index (χ4v) is 3.49. The van der Waals surface area contributed by atoms with Crippen LogP contribution in [0, 0.1) is 11.3 Å². The minimum atomic E-state index is -0.470. The molecule has 0 amide bonds. The van der Waals surface area contributed by atoms with Crippen molar-refractivity contribution in [2.45, 2.75) is 12.8 Å².